The van der Waals surface area contributed by atoms with E-state index in [9.17, 15) is 38.7 Å². The number of hydrogen-bond donors (Lipinski definition) is 7. The van der Waals surface area contributed by atoms with Gasteiger partial charge in [-0.25, -0.2) is 4.18 Å². The van der Waals surface area contributed by atoms with Crippen molar-refractivity contribution in [3.63, 3.8) is 0 Å². The molecule has 49 heavy (non-hydrogen) atoms. The SMILES string of the molecule is CCCCCCCCCCCCCC(O)C(COC1OC(CO)C(O)C(OS(=O)(=O)O)C1O)NC(=O)C(O)CCCCCCCCCCC. The predicted octanol–water partition coefficient (Wildman–Crippen LogP) is 4.46. The third-order valence-electron chi connectivity index (χ3n) is 9.27. The van der Waals surface area contributed by atoms with Crippen molar-refractivity contribution in [2.24, 2.45) is 0 Å². The Morgan fingerprint density at radius 3 is 1.63 bits per heavy atom. The number of unbranched alkanes of at least 4 members (excludes halogenated alkanes) is 18. The van der Waals surface area contributed by atoms with E-state index in [0.717, 1.165) is 38.5 Å². The van der Waals surface area contributed by atoms with Crippen molar-refractivity contribution in [1.29, 1.82) is 0 Å². The fourth-order valence-corrected chi connectivity index (χ4v) is 6.68. The summed E-state index contributed by atoms with van der Waals surface area (Å²) in [5.74, 6) is -0.674. The molecule has 8 unspecified atom stereocenters. The Morgan fingerprint density at radius 1 is 0.735 bits per heavy atom. The molecule has 292 valence electrons. The van der Waals surface area contributed by atoms with Crippen molar-refractivity contribution < 1.29 is 57.0 Å². The normalized spacial score (nSPS) is 23.3. The highest BCUT2D eigenvalue weighted by Gasteiger charge is 2.48. The highest BCUT2D eigenvalue weighted by atomic mass is 32.3. The van der Waals surface area contributed by atoms with Gasteiger partial charge in [0.25, 0.3) is 0 Å². The third kappa shape index (κ3) is 21.2. The van der Waals surface area contributed by atoms with Gasteiger partial charge in [-0.05, 0) is 12.8 Å². The quantitative estimate of drug-likeness (QED) is 0.0390. The molecule has 1 fully saturated rings. The molecule has 14 heteroatoms. The van der Waals surface area contributed by atoms with Crippen LogP contribution in [0.5, 0.6) is 0 Å². The molecule has 0 aromatic heterocycles. The van der Waals surface area contributed by atoms with Gasteiger partial charge in [-0.3, -0.25) is 9.35 Å². The van der Waals surface area contributed by atoms with E-state index >= 15 is 0 Å². The van der Waals surface area contributed by atoms with Crippen molar-refractivity contribution in [1.82, 2.24) is 5.32 Å². The number of carbonyl (C=O) groups is 1. The van der Waals surface area contributed by atoms with Gasteiger partial charge in [-0.2, -0.15) is 8.42 Å². The van der Waals surface area contributed by atoms with Gasteiger partial charge in [0.15, 0.2) is 6.29 Å². The van der Waals surface area contributed by atoms with E-state index in [0.29, 0.717) is 19.3 Å². The second-order valence-corrected chi connectivity index (χ2v) is 14.7. The fraction of sp³-hybridized carbons (Fsp3) is 0.971. The average Bonchev–Trinajstić information content (AvgIpc) is 3.06. The molecule has 1 aliphatic heterocycles. The molecule has 0 bridgehead atoms. The largest absolute Gasteiger partial charge is 0.397 e. The molecule has 0 radical (unpaired) electrons. The Balaban J connectivity index is 2.70. The summed E-state index contributed by atoms with van der Waals surface area (Å²) >= 11 is 0. The Hall–Kier alpha value is -0.940. The third-order valence-corrected chi connectivity index (χ3v) is 9.74. The molecule has 1 aliphatic rings. The molecule has 1 saturated heterocycles. The standard InChI is InChI=1S/C35H69NO12S/c1-3-5-7-9-11-13-14-16-17-19-21-23-28(38)27(36-34(42)29(39)24-22-20-18-15-12-10-8-6-4-2)26-46-35-32(41)33(48-49(43,44)45)31(40)30(25-37)47-35/h27-33,35,37-41H,3-26H2,1-2H3,(H,36,42)(H,43,44,45). The second-order valence-electron chi connectivity index (χ2n) is 13.7. The summed E-state index contributed by atoms with van der Waals surface area (Å²) in [5, 5.41) is 54.9. The van der Waals surface area contributed by atoms with Gasteiger partial charge in [0.05, 0.1) is 25.4 Å². The number of ether oxygens (including phenoxy) is 2. The molecule has 7 N–H and O–H groups in total. The molecule has 0 aromatic rings. The summed E-state index contributed by atoms with van der Waals surface area (Å²) in [5.41, 5.74) is 0. The Bertz CT molecular complexity index is 926. The van der Waals surface area contributed by atoms with E-state index in [1.165, 1.54) is 77.0 Å². The number of aliphatic hydroxyl groups excluding tert-OH is 5. The molecule has 0 spiro atoms. The summed E-state index contributed by atoms with van der Waals surface area (Å²) in [6, 6.07) is -1.02. The van der Waals surface area contributed by atoms with Crippen LogP contribution in [-0.4, -0.2) is 107 Å². The lowest BCUT2D eigenvalue weighted by atomic mass is 9.99. The van der Waals surface area contributed by atoms with Gasteiger partial charge < -0.3 is 40.3 Å². The minimum absolute atomic E-state index is 0.263. The molecule has 0 aliphatic carbocycles. The predicted molar refractivity (Wildman–Crippen MR) is 187 cm³/mol. The van der Waals surface area contributed by atoms with Crippen molar-refractivity contribution >= 4 is 16.3 Å². The van der Waals surface area contributed by atoms with Gasteiger partial charge in [0.2, 0.25) is 5.91 Å². The maximum absolute atomic E-state index is 13.0. The molecule has 0 aromatic carbocycles. The van der Waals surface area contributed by atoms with Crippen molar-refractivity contribution in [2.45, 2.75) is 204 Å². The molecule has 1 heterocycles. The van der Waals surface area contributed by atoms with Gasteiger partial charge >= 0.3 is 10.4 Å². The summed E-state index contributed by atoms with van der Waals surface area (Å²) in [7, 11) is -5.10. The number of aliphatic hydroxyl groups is 5. The van der Waals surface area contributed by atoms with Crippen LogP contribution >= 0.6 is 0 Å². The topological polar surface area (TPSA) is 212 Å². The van der Waals surface area contributed by atoms with E-state index in [2.05, 4.69) is 23.3 Å². The van der Waals surface area contributed by atoms with E-state index in [1.807, 2.05) is 0 Å². The molecule has 13 nitrogen and oxygen atoms in total. The van der Waals surface area contributed by atoms with Crippen LogP contribution in [0.4, 0.5) is 0 Å². The first-order chi connectivity index (χ1) is 23.4. The maximum Gasteiger partial charge on any atom is 0.397 e. The van der Waals surface area contributed by atoms with Crippen LogP contribution in [0, 0.1) is 0 Å². The van der Waals surface area contributed by atoms with Crippen LogP contribution in [0.15, 0.2) is 0 Å². The summed E-state index contributed by atoms with van der Waals surface area (Å²) in [6.07, 6.45) is 11.8. The van der Waals surface area contributed by atoms with Gasteiger partial charge in [0.1, 0.15) is 30.5 Å². The van der Waals surface area contributed by atoms with Crippen LogP contribution < -0.4 is 5.32 Å². The number of rotatable bonds is 31. The van der Waals surface area contributed by atoms with E-state index in [4.69, 9.17) is 14.0 Å². The van der Waals surface area contributed by atoms with Crippen LogP contribution in [0.2, 0.25) is 0 Å². The van der Waals surface area contributed by atoms with Crippen molar-refractivity contribution in [3.05, 3.63) is 0 Å². The van der Waals surface area contributed by atoms with Gasteiger partial charge in [-0.1, -0.05) is 142 Å². The number of nitrogens with one attached hydrogen (secondary N) is 1. The summed E-state index contributed by atoms with van der Waals surface area (Å²) in [4.78, 5) is 13.0. The maximum atomic E-state index is 13.0. The smallest absolute Gasteiger partial charge is 0.394 e. The molecule has 8 atom stereocenters. The van der Waals surface area contributed by atoms with Gasteiger partial charge in [-0.15, -0.1) is 0 Å². The minimum atomic E-state index is -5.10. The molecular formula is C35H69NO12S. The second kappa shape index (κ2) is 27.7. The highest BCUT2D eigenvalue weighted by molar-refractivity contribution is 7.80. The Kier molecular flexibility index (Phi) is 26.0. The zero-order valence-corrected chi connectivity index (χ0v) is 30.9. The zero-order valence-electron chi connectivity index (χ0n) is 30.1. The van der Waals surface area contributed by atoms with Crippen LogP contribution in [0.25, 0.3) is 0 Å². The van der Waals surface area contributed by atoms with E-state index in [-0.39, 0.29) is 6.42 Å². The lowest BCUT2D eigenvalue weighted by Crippen LogP contribution is -2.61. The van der Waals surface area contributed by atoms with Crippen LogP contribution in [0.3, 0.4) is 0 Å². The van der Waals surface area contributed by atoms with Gasteiger partial charge in [0, 0.05) is 0 Å². The monoisotopic (exact) mass is 727 g/mol. The van der Waals surface area contributed by atoms with Crippen molar-refractivity contribution in [2.75, 3.05) is 13.2 Å². The minimum Gasteiger partial charge on any atom is -0.394 e. The fourth-order valence-electron chi connectivity index (χ4n) is 6.17. The number of amides is 1. The summed E-state index contributed by atoms with van der Waals surface area (Å²) < 4.78 is 47.2. The first kappa shape index (κ1) is 46.1. The summed E-state index contributed by atoms with van der Waals surface area (Å²) in [6.45, 7) is 3.19. The van der Waals surface area contributed by atoms with E-state index < -0.39 is 78.5 Å². The molecule has 0 saturated carbocycles. The molecular weight excluding hydrogens is 658 g/mol. The molecule has 1 rings (SSSR count). The van der Waals surface area contributed by atoms with Crippen LogP contribution in [-0.2, 0) is 28.9 Å². The number of carbonyl (C=O) groups excluding carboxylic acids is 1. The number of hydrogen-bond acceptors (Lipinski definition) is 11. The first-order valence-corrected chi connectivity index (χ1v) is 20.4. The first-order valence-electron chi connectivity index (χ1n) is 19.0. The Morgan fingerprint density at radius 2 is 1.18 bits per heavy atom. The van der Waals surface area contributed by atoms with E-state index in [1.54, 1.807) is 0 Å². The average molecular weight is 728 g/mol. The van der Waals surface area contributed by atoms with Crippen molar-refractivity contribution in [3.8, 4) is 0 Å². The highest BCUT2D eigenvalue weighted by Crippen LogP contribution is 2.26. The lowest BCUT2D eigenvalue weighted by Gasteiger charge is -2.41. The van der Waals surface area contributed by atoms with Crippen LogP contribution in [0.1, 0.15) is 155 Å². The lowest BCUT2D eigenvalue weighted by molar-refractivity contribution is -0.298. The molecule has 1 amide bonds. The zero-order chi connectivity index (χ0) is 36.5. The Labute approximate surface area is 295 Å².